The summed E-state index contributed by atoms with van der Waals surface area (Å²) in [6, 6.07) is 0. The molecule has 2 rings (SSSR count). The third-order valence-electron chi connectivity index (χ3n) is 3.51. The van der Waals surface area contributed by atoms with E-state index in [1.54, 1.807) is 11.4 Å². The summed E-state index contributed by atoms with van der Waals surface area (Å²) in [7, 11) is 0. The molecule has 0 saturated heterocycles. The van der Waals surface area contributed by atoms with E-state index in [4.69, 9.17) is 0 Å². The van der Waals surface area contributed by atoms with Crippen LogP contribution in [0.5, 0.6) is 0 Å². The average molecular weight is 235 g/mol. The Balaban J connectivity index is 2.30. The average Bonchev–Trinajstić information content (AvgIpc) is 2.56. The lowest BCUT2D eigenvalue weighted by Gasteiger charge is -2.11. The molecule has 17 heavy (non-hydrogen) atoms. The normalized spacial score (nSPS) is 15.6. The maximum absolute atomic E-state index is 2.52. The molecule has 0 radical (unpaired) electrons. The molecular weight excluding hydrogens is 208 g/mol. The Bertz CT molecular complexity index is 340. The first kappa shape index (κ1) is 12.7. The van der Waals surface area contributed by atoms with Crippen LogP contribution in [0.1, 0.15) is 51.9 Å². The van der Waals surface area contributed by atoms with Crippen LogP contribution < -0.4 is 4.57 Å². The summed E-state index contributed by atoms with van der Waals surface area (Å²) in [4.78, 5) is 0. The lowest BCUT2D eigenvalue weighted by molar-refractivity contribution is -0.709. The zero-order chi connectivity index (χ0) is 12.4. The van der Waals surface area contributed by atoms with Gasteiger partial charge in [-0.2, -0.15) is 0 Å². The third kappa shape index (κ3) is 2.91. The maximum Gasteiger partial charge on any atom is 0.244 e. The first-order chi connectivity index (χ1) is 8.08. The summed E-state index contributed by atoms with van der Waals surface area (Å²) in [5.41, 5.74) is 3.23. The van der Waals surface area contributed by atoms with Crippen LogP contribution in [0.15, 0.2) is 6.33 Å². The fourth-order valence-electron chi connectivity index (χ4n) is 2.90. The fourth-order valence-corrected chi connectivity index (χ4v) is 2.90. The van der Waals surface area contributed by atoms with Gasteiger partial charge in [0.2, 0.25) is 6.33 Å². The quantitative estimate of drug-likeness (QED) is 0.710. The van der Waals surface area contributed by atoms with Gasteiger partial charge in [0, 0.05) is 12.8 Å². The molecule has 1 aliphatic carbocycles. The molecule has 0 atom stereocenters. The molecule has 0 fully saturated rings. The van der Waals surface area contributed by atoms with E-state index in [1.165, 1.54) is 38.8 Å². The molecule has 96 valence electrons. The second-order valence-corrected chi connectivity index (χ2v) is 6.31. The minimum atomic E-state index is 0.737. The first-order valence-electron chi connectivity index (χ1n) is 7.18. The summed E-state index contributed by atoms with van der Waals surface area (Å²) in [6.45, 7) is 11.6. The van der Waals surface area contributed by atoms with Crippen molar-refractivity contribution in [2.75, 3.05) is 0 Å². The molecule has 0 amide bonds. The molecule has 0 saturated carbocycles. The van der Waals surface area contributed by atoms with E-state index in [1.807, 2.05) is 0 Å². The number of hydrogen-bond acceptors (Lipinski definition) is 0. The van der Waals surface area contributed by atoms with Gasteiger partial charge in [-0.15, -0.1) is 0 Å². The zero-order valence-corrected chi connectivity index (χ0v) is 11.9. The second-order valence-electron chi connectivity index (χ2n) is 6.31. The third-order valence-corrected chi connectivity index (χ3v) is 3.51. The van der Waals surface area contributed by atoms with E-state index >= 15 is 0 Å². The highest BCUT2D eigenvalue weighted by atomic mass is 15.1. The predicted molar refractivity (Wildman–Crippen MR) is 70.9 cm³/mol. The SMILES string of the molecule is CC(C)Cn1c[n+](CC(C)C)c2c1CCCC2. The molecule has 1 aromatic rings. The van der Waals surface area contributed by atoms with E-state index in [-0.39, 0.29) is 0 Å². The van der Waals surface area contributed by atoms with Crippen molar-refractivity contribution in [3.05, 3.63) is 17.7 Å². The topological polar surface area (TPSA) is 8.81 Å². The fraction of sp³-hybridized carbons (Fsp3) is 0.800. The van der Waals surface area contributed by atoms with Crippen LogP contribution in [0, 0.1) is 11.8 Å². The van der Waals surface area contributed by atoms with Gasteiger partial charge >= 0.3 is 0 Å². The summed E-state index contributed by atoms with van der Waals surface area (Å²) in [6.07, 6.45) is 7.68. The van der Waals surface area contributed by atoms with Crippen molar-refractivity contribution in [1.82, 2.24) is 4.57 Å². The Morgan fingerprint density at radius 1 is 1.12 bits per heavy atom. The molecule has 0 aromatic carbocycles. The van der Waals surface area contributed by atoms with Crippen LogP contribution in [0.3, 0.4) is 0 Å². The highest BCUT2D eigenvalue weighted by Gasteiger charge is 2.26. The number of hydrogen-bond donors (Lipinski definition) is 0. The van der Waals surface area contributed by atoms with Crippen molar-refractivity contribution in [2.45, 2.75) is 66.5 Å². The van der Waals surface area contributed by atoms with E-state index in [0.29, 0.717) is 0 Å². The molecule has 0 bridgehead atoms. The van der Waals surface area contributed by atoms with Gasteiger partial charge in [0.25, 0.3) is 0 Å². The minimum absolute atomic E-state index is 0.737. The molecule has 0 unspecified atom stereocenters. The van der Waals surface area contributed by atoms with Crippen molar-refractivity contribution in [2.24, 2.45) is 11.8 Å². The van der Waals surface area contributed by atoms with Crippen molar-refractivity contribution < 1.29 is 4.57 Å². The second kappa shape index (κ2) is 5.24. The molecule has 2 heteroatoms. The Morgan fingerprint density at radius 2 is 1.82 bits per heavy atom. The molecule has 0 spiro atoms. The maximum atomic E-state index is 2.52. The van der Waals surface area contributed by atoms with Gasteiger partial charge in [0.05, 0.1) is 13.1 Å². The Labute approximate surface area is 106 Å². The van der Waals surface area contributed by atoms with E-state index in [0.717, 1.165) is 11.8 Å². The Kier molecular flexibility index (Phi) is 3.90. The number of rotatable bonds is 4. The zero-order valence-electron chi connectivity index (χ0n) is 11.9. The molecule has 1 heterocycles. The summed E-state index contributed by atoms with van der Waals surface area (Å²) >= 11 is 0. The van der Waals surface area contributed by atoms with Crippen LogP contribution in [-0.4, -0.2) is 4.57 Å². The highest BCUT2D eigenvalue weighted by Crippen LogP contribution is 2.20. The lowest BCUT2D eigenvalue weighted by atomic mass is 10.00. The smallest absolute Gasteiger partial charge is 0.234 e. The van der Waals surface area contributed by atoms with Crippen molar-refractivity contribution in [3.8, 4) is 0 Å². The molecular formula is C15H27N2+. The van der Waals surface area contributed by atoms with E-state index in [9.17, 15) is 0 Å². The molecule has 0 aliphatic heterocycles. The van der Waals surface area contributed by atoms with Crippen molar-refractivity contribution >= 4 is 0 Å². The predicted octanol–water partition coefficient (Wildman–Crippen LogP) is 2.97. The number of imidazole rings is 1. The standard InChI is InChI=1S/C15H27N2/c1-12(2)9-16-11-17(10-13(3)4)15-8-6-5-7-14(15)16/h11-13H,5-10H2,1-4H3/q+1. The van der Waals surface area contributed by atoms with Gasteiger partial charge in [0.1, 0.15) is 11.4 Å². The van der Waals surface area contributed by atoms with Crippen LogP contribution in [0.25, 0.3) is 0 Å². The molecule has 0 N–H and O–H groups in total. The Hall–Kier alpha value is -0.790. The summed E-state index contributed by atoms with van der Waals surface area (Å²) in [5, 5.41) is 0. The summed E-state index contributed by atoms with van der Waals surface area (Å²) in [5.74, 6) is 1.47. The van der Waals surface area contributed by atoms with Crippen molar-refractivity contribution in [3.63, 3.8) is 0 Å². The number of aromatic nitrogens is 2. The first-order valence-corrected chi connectivity index (χ1v) is 7.18. The number of nitrogens with zero attached hydrogens (tertiary/aromatic N) is 2. The van der Waals surface area contributed by atoms with Crippen LogP contribution in [0.4, 0.5) is 0 Å². The van der Waals surface area contributed by atoms with Crippen molar-refractivity contribution in [1.29, 1.82) is 0 Å². The van der Waals surface area contributed by atoms with Gasteiger partial charge in [-0.3, -0.25) is 0 Å². The molecule has 1 aromatic heterocycles. The monoisotopic (exact) mass is 235 g/mol. The largest absolute Gasteiger partial charge is 0.244 e. The van der Waals surface area contributed by atoms with Gasteiger partial charge in [-0.05, 0) is 24.7 Å². The van der Waals surface area contributed by atoms with Gasteiger partial charge in [0.15, 0.2) is 0 Å². The summed E-state index contributed by atoms with van der Waals surface area (Å²) < 4.78 is 5.03. The van der Waals surface area contributed by atoms with Crippen LogP contribution in [0.2, 0.25) is 0 Å². The molecule has 2 nitrogen and oxygen atoms in total. The highest BCUT2D eigenvalue weighted by molar-refractivity contribution is 5.11. The minimum Gasteiger partial charge on any atom is -0.234 e. The van der Waals surface area contributed by atoms with Gasteiger partial charge < -0.3 is 0 Å². The lowest BCUT2D eigenvalue weighted by Crippen LogP contribution is -2.39. The van der Waals surface area contributed by atoms with Crippen LogP contribution in [-0.2, 0) is 25.9 Å². The number of fused-ring (bicyclic) bond motifs is 1. The Morgan fingerprint density at radius 3 is 2.47 bits per heavy atom. The molecule has 1 aliphatic rings. The van der Waals surface area contributed by atoms with Crippen LogP contribution >= 0.6 is 0 Å². The van der Waals surface area contributed by atoms with E-state index in [2.05, 4.69) is 43.2 Å². The van der Waals surface area contributed by atoms with Gasteiger partial charge in [-0.25, -0.2) is 9.13 Å². The van der Waals surface area contributed by atoms with E-state index < -0.39 is 0 Å². The van der Waals surface area contributed by atoms with Gasteiger partial charge in [-0.1, -0.05) is 27.7 Å².